The molecule has 0 aliphatic heterocycles. The van der Waals surface area contributed by atoms with E-state index < -0.39 is 17.7 Å². The Balaban J connectivity index is 1.81. The normalized spacial score (nSPS) is 11.9. The lowest BCUT2D eigenvalue weighted by molar-refractivity contribution is -0.138. The number of carbonyl (C=O) groups is 1. The van der Waals surface area contributed by atoms with E-state index in [2.05, 4.69) is 32.9 Å². The second-order valence-corrected chi connectivity index (χ2v) is 9.03. The predicted octanol–water partition coefficient (Wildman–Crippen LogP) is 7.27. The number of aliphatic carboxylic acids is 1. The molecule has 0 aliphatic rings. The molecule has 0 atom stereocenters. The van der Waals surface area contributed by atoms with E-state index in [0.29, 0.717) is 29.0 Å². The Morgan fingerprint density at radius 3 is 1.97 bits per heavy atom. The largest absolute Gasteiger partial charge is 0.489 e. The lowest BCUT2D eigenvalue weighted by atomic mass is 9.87. The van der Waals surface area contributed by atoms with Gasteiger partial charge in [0.25, 0.3) is 0 Å². The highest BCUT2D eigenvalue weighted by atomic mass is 19.4. The van der Waals surface area contributed by atoms with Crippen molar-refractivity contribution in [3.05, 3.63) is 89.0 Å². The summed E-state index contributed by atoms with van der Waals surface area (Å²) in [6, 6.07) is 18.3. The summed E-state index contributed by atoms with van der Waals surface area (Å²) in [5, 5.41) is 9.11. The first kappa shape index (κ1) is 24.4. The van der Waals surface area contributed by atoms with E-state index in [0.717, 1.165) is 17.7 Å². The van der Waals surface area contributed by atoms with Crippen molar-refractivity contribution in [2.24, 2.45) is 0 Å². The molecule has 0 amide bonds. The van der Waals surface area contributed by atoms with Crippen molar-refractivity contribution in [2.45, 2.75) is 51.8 Å². The van der Waals surface area contributed by atoms with Gasteiger partial charge in [-0.1, -0.05) is 63.2 Å². The van der Waals surface area contributed by atoms with Crippen molar-refractivity contribution in [3.63, 3.8) is 0 Å². The minimum Gasteiger partial charge on any atom is -0.489 e. The van der Waals surface area contributed by atoms with Crippen LogP contribution in [0.3, 0.4) is 0 Å². The number of carboxylic acids is 1. The van der Waals surface area contributed by atoms with Gasteiger partial charge in [0.2, 0.25) is 0 Å². The Morgan fingerprint density at radius 1 is 0.848 bits per heavy atom. The highest BCUT2D eigenvalue weighted by Crippen LogP contribution is 2.33. The molecule has 0 saturated heterocycles. The van der Waals surface area contributed by atoms with Gasteiger partial charge in [0.1, 0.15) is 12.4 Å². The zero-order valence-electron chi connectivity index (χ0n) is 18.9. The Bertz CT molecular complexity index is 1090. The molecule has 0 heterocycles. The SMILES string of the molecule is CC(C)(C)c1ccc(COc2ccc(-c3ccc(C(F)(F)F)cc3)cc2CCC(=O)O)cc1. The molecule has 0 unspecified atom stereocenters. The number of alkyl halides is 3. The van der Waals surface area contributed by atoms with Crippen LogP contribution in [-0.4, -0.2) is 11.1 Å². The first-order valence-electron chi connectivity index (χ1n) is 10.7. The summed E-state index contributed by atoms with van der Waals surface area (Å²) < 4.78 is 44.5. The fourth-order valence-corrected chi connectivity index (χ4v) is 3.45. The molecule has 6 heteroatoms. The van der Waals surface area contributed by atoms with Crippen LogP contribution in [0, 0.1) is 0 Å². The molecule has 0 aromatic heterocycles. The minimum absolute atomic E-state index is 0.0531. The monoisotopic (exact) mass is 456 g/mol. The highest BCUT2D eigenvalue weighted by Gasteiger charge is 2.30. The van der Waals surface area contributed by atoms with E-state index in [1.54, 1.807) is 18.2 Å². The van der Waals surface area contributed by atoms with Crippen LogP contribution in [0.1, 0.15) is 49.4 Å². The molecular weight excluding hydrogens is 429 g/mol. The standard InChI is InChI=1S/C27H27F3O3/c1-26(2,3)22-10-4-18(5-11-22)17-33-24-14-8-20(16-21(24)9-15-25(31)32)19-6-12-23(13-7-19)27(28,29)30/h4-8,10-14,16H,9,15,17H2,1-3H3,(H,31,32). The zero-order valence-corrected chi connectivity index (χ0v) is 18.9. The summed E-state index contributed by atoms with van der Waals surface area (Å²) in [5.74, 6) is -0.370. The average Bonchev–Trinajstić information content (AvgIpc) is 2.75. The first-order valence-corrected chi connectivity index (χ1v) is 10.7. The fourth-order valence-electron chi connectivity index (χ4n) is 3.45. The molecule has 3 aromatic carbocycles. The van der Waals surface area contributed by atoms with Crippen LogP contribution in [0.5, 0.6) is 5.75 Å². The highest BCUT2D eigenvalue weighted by molar-refractivity contribution is 5.69. The summed E-state index contributed by atoms with van der Waals surface area (Å²) in [5.41, 5.74) is 3.55. The molecule has 33 heavy (non-hydrogen) atoms. The molecule has 0 saturated carbocycles. The third kappa shape index (κ3) is 6.60. The number of hydrogen-bond acceptors (Lipinski definition) is 2. The van der Waals surface area contributed by atoms with Gasteiger partial charge in [0, 0.05) is 6.42 Å². The fraction of sp³-hybridized carbons (Fsp3) is 0.296. The van der Waals surface area contributed by atoms with E-state index in [9.17, 15) is 18.0 Å². The van der Waals surface area contributed by atoms with Gasteiger partial charge < -0.3 is 9.84 Å². The van der Waals surface area contributed by atoms with Gasteiger partial charge in [0.05, 0.1) is 5.56 Å². The number of rotatable bonds is 7. The summed E-state index contributed by atoms with van der Waals surface area (Å²) in [7, 11) is 0. The number of halogens is 3. The molecule has 0 fully saturated rings. The van der Waals surface area contributed by atoms with Gasteiger partial charge >= 0.3 is 12.1 Å². The Hall–Kier alpha value is -3.28. The third-order valence-corrected chi connectivity index (χ3v) is 5.43. The Morgan fingerprint density at radius 2 is 1.42 bits per heavy atom. The Kier molecular flexibility index (Phi) is 7.15. The van der Waals surface area contributed by atoms with Crippen LogP contribution in [0.15, 0.2) is 66.7 Å². The van der Waals surface area contributed by atoms with E-state index in [-0.39, 0.29) is 18.3 Å². The lowest BCUT2D eigenvalue weighted by Gasteiger charge is -2.19. The summed E-state index contributed by atoms with van der Waals surface area (Å²) in [4.78, 5) is 11.1. The molecule has 174 valence electrons. The maximum absolute atomic E-state index is 12.8. The number of benzene rings is 3. The number of aryl methyl sites for hydroxylation is 1. The molecule has 3 nitrogen and oxygen atoms in total. The molecule has 3 aromatic rings. The third-order valence-electron chi connectivity index (χ3n) is 5.43. The molecule has 3 rings (SSSR count). The van der Waals surface area contributed by atoms with E-state index in [1.165, 1.54) is 17.7 Å². The summed E-state index contributed by atoms with van der Waals surface area (Å²) in [6.45, 7) is 6.76. The maximum atomic E-state index is 12.8. The van der Waals surface area contributed by atoms with Crippen LogP contribution in [0.2, 0.25) is 0 Å². The van der Waals surface area contributed by atoms with Gasteiger partial charge in [-0.15, -0.1) is 0 Å². The molecule has 0 spiro atoms. The van der Waals surface area contributed by atoms with Crippen molar-refractivity contribution < 1.29 is 27.8 Å². The van der Waals surface area contributed by atoms with Crippen molar-refractivity contribution in [3.8, 4) is 16.9 Å². The van der Waals surface area contributed by atoms with E-state index in [1.807, 2.05) is 12.1 Å². The average molecular weight is 457 g/mol. The molecule has 0 bridgehead atoms. The van der Waals surface area contributed by atoms with Crippen molar-refractivity contribution in [2.75, 3.05) is 0 Å². The van der Waals surface area contributed by atoms with Crippen molar-refractivity contribution in [1.82, 2.24) is 0 Å². The van der Waals surface area contributed by atoms with Gasteiger partial charge in [-0.05, 0) is 63.9 Å². The second-order valence-electron chi connectivity index (χ2n) is 9.03. The zero-order chi connectivity index (χ0) is 24.2. The predicted molar refractivity (Wildman–Crippen MR) is 122 cm³/mol. The number of hydrogen-bond donors (Lipinski definition) is 1. The van der Waals surface area contributed by atoms with Crippen LogP contribution in [-0.2, 0) is 29.4 Å². The van der Waals surface area contributed by atoms with Crippen molar-refractivity contribution >= 4 is 5.97 Å². The second kappa shape index (κ2) is 9.69. The quantitative estimate of drug-likeness (QED) is 0.407. The smallest absolute Gasteiger partial charge is 0.416 e. The van der Waals surface area contributed by atoms with Crippen LogP contribution >= 0.6 is 0 Å². The topological polar surface area (TPSA) is 46.5 Å². The minimum atomic E-state index is -4.39. The molecule has 0 aliphatic carbocycles. The van der Waals surface area contributed by atoms with E-state index in [4.69, 9.17) is 9.84 Å². The summed E-state index contributed by atoms with van der Waals surface area (Å²) >= 11 is 0. The maximum Gasteiger partial charge on any atom is 0.416 e. The molecular formula is C27H27F3O3. The first-order chi connectivity index (χ1) is 15.4. The van der Waals surface area contributed by atoms with Gasteiger partial charge in [-0.25, -0.2) is 0 Å². The lowest BCUT2D eigenvalue weighted by Crippen LogP contribution is -2.11. The molecule has 0 radical (unpaired) electrons. The van der Waals surface area contributed by atoms with Crippen molar-refractivity contribution in [1.29, 1.82) is 0 Å². The van der Waals surface area contributed by atoms with Crippen LogP contribution in [0.25, 0.3) is 11.1 Å². The summed E-state index contributed by atoms with van der Waals surface area (Å²) in [6.07, 6.45) is -4.22. The molecule has 1 N–H and O–H groups in total. The van der Waals surface area contributed by atoms with Crippen LogP contribution < -0.4 is 4.74 Å². The van der Waals surface area contributed by atoms with Gasteiger partial charge in [0.15, 0.2) is 0 Å². The van der Waals surface area contributed by atoms with Crippen LogP contribution in [0.4, 0.5) is 13.2 Å². The Labute approximate surface area is 191 Å². The number of carboxylic acid groups (broad SMARTS) is 1. The van der Waals surface area contributed by atoms with Gasteiger partial charge in [-0.2, -0.15) is 13.2 Å². The number of ether oxygens (including phenoxy) is 1. The van der Waals surface area contributed by atoms with Gasteiger partial charge in [-0.3, -0.25) is 4.79 Å². The van der Waals surface area contributed by atoms with E-state index >= 15 is 0 Å².